The normalized spacial score (nSPS) is 3.00. The summed E-state index contributed by atoms with van der Waals surface area (Å²) in [5, 5.41) is 0. The van der Waals surface area contributed by atoms with Crippen LogP contribution in [0.3, 0.4) is 0 Å². The smallest absolute Gasteiger partial charge is 0.793 e. The molecule has 0 aliphatic heterocycles. The summed E-state index contributed by atoms with van der Waals surface area (Å²) in [4.78, 5) is 0. The predicted octanol–water partition coefficient (Wildman–Crippen LogP) is -4.99. The van der Waals surface area contributed by atoms with Gasteiger partial charge in [0.25, 0.3) is 0 Å². The van der Waals surface area contributed by atoms with E-state index in [0.717, 1.165) is 5.75 Å². The van der Waals surface area contributed by atoms with Gasteiger partial charge in [-0.25, -0.2) is 0 Å². The molecule has 0 heterocycles. The summed E-state index contributed by atoms with van der Waals surface area (Å²) < 4.78 is 0. The standard InChI is InChI=1S/C2H6S.CH3.2K/c1-2-3;;;/h3H,2H2,1H3;1H3;;/q;-1;2*+1/p-1. The Labute approximate surface area is 131 Å². The van der Waals surface area contributed by atoms with Crippen LogP contribution in [0.4, 0.5) is 0 Å². The van der Waals surface area contributed by atoms with Crippen LogP contribution in [0.5, 0.6) is 0 Å². The first-order chi connectivity index (χ1) is 1.41. The third-order valence-corrected chi connectivity index (χ3v) is 0. The van der Waals surface area contributed by atoms with Crippen molar-refractivity contribution in [1.82, 2.24) is 0 Å². The summed E-state index contributed by atoms with van der Waals surface area (Å²) in [5.41, 5.74) is 0. The minimum Gasteiger partial charge on any atom is -0.793 e. The second-order valence-corrected chi connectivity index (χ2v) is 0.866. The maximum absolute atomic E-state index is 4.39. The zero-order valence-electron chi connectivity index (χ0n) is 5.12. The van der Waals surface area contributed by atoms with Crippen molar-refractivity contribution >= 4 is 12.6 Å². The van der Waals surface area contributed by atoms with E-state index >= 15 is 0 Å². The molecule has 0 aromatic heterocycles. The molecule has 0 radical (unpaired) electrons. The van der Waals surface area contributed by atoms with E-state index in [0.29, 0.717) is 0 Å². The van der Waals surface area contributed by atoms with Gasteiger partial charge < -0.3 is 20.1 Å². The Morgan fingerprint density at radius 1 is 1.33 bits per heavy atom. The van der Waals surface area contributed by atoms with E-state index in [-0.39, 0.29) is 110 Å². The van der Waals surface area contributed by atoms with Crippen molar-refractivity contribution in [2.45, 2.75) is 6.92 Å². The van der Waals surface area contributed by atoms with E-state index in [9.17, 15) is 0 Å². The number of hydrogen-bond donors (Lipinski definition) is 0. The quantitative estimate of drug-likeness (QED) is 0.191. The molecule has 6 heavy (non-hydrogen) atoms. The topological polar surface area (TPSA) is 0 Å². The third-order valence-electron chi connectivity index (χ3n) is 0. The van der Waals surface area contributed by atoms with E-state index in [1.165, 1.54) is 0 Å². The molecule has 0 nitrogen and oxygen atoms in total. The van der Waals surface area contributed by atoms with Crippen LogP contribution in [-0.4, -0.2) is 5.75 Å². The van der Waals surface area contributed by atoms with Crippen LogP contribution >= 0.6 is 0 Å². The maximum atomic E-state index is 4.39. The first-order valence-corrected chi connectivity index (χ1v) is 1.57. The molecule has 0 spiro atoms. The average molecular weight is 154 g/mol. The van der Waals surface area contributed by atoms with Gasteiger partial charge in [0.1, 0.15) is 0 Å². The molecule has 28 valence electrons. The van der Waals surface area contributed by atoms with Crippen molar-refractivity contribution in [3.8, 4) is 0 Å². The molecule has 0 rings (SSSR count). The zero-order valence-corrected chi connectivity index (χ0v) is 12.2. The first kappa shape index (κ1) is 22.6. The van der Waals surface area contributed by atoms with Crippen molar-refractivity contribution in [2.75, 3.05) is 5.75 Å². The monoisotopic (exact) mass is 154 g/mol. The van der Waals surface area contributed by atoms with Crippen LogP contribution < -0.4 is 103 Å². The van der Waals surface area contributed by atoms with Crippen molar-refractivity contribution in [3.05, 3.63) is 7.43 Å². The molecule has 0 aliphatic rings. The van der Waals surface area contributed by atoms with E-state index in [2.05, 4.69) is 12.6 Å². The molecule has 3 heteroatoms. The minimum absolute atomic E-state index is 0. The molecule has 0 saturated heterocycles. The number of rotatable bonds is 0. The van der Waals surface area contributed by atoms with Crippen molar-refractivity contribution in [2.24, 2.45) is 0 Å². The van der Waals surface area contributed by atoms with Crippen LogP contribution in [0.1, 0.15) is 6.92 Å². The Hall–Kier alpha value is 3.62. The molecule has 0 aromatic rings. The van der Waals surface area contributed by atoms with Gasteiger partial charge in [0.2, 0.25) is 0 Å². The largest absolute Gasteiger partial charge is 1.00 e. The predicted molar refractivity (Wildman–Crippen MR) is 24.3 cm³/mol. The molecule has 0 amide bonds. The van der Waals surface area contributed by atoms with E-state index in [1.807, 2.05) is 6.92 Å². The van der Waals surface area contributed by atoms with Crippen molar-refractivity contribution in [3.63, 3.8) is 0 Å². The molecule has 0 bridgehead atoms. The fourth-order valence-electron chi connectivity index (χ4n) is 0. The van der Waals surface area contributed by atoms with E-state index in [4.69, 9.17) is 0 Å². The molecule has 0 unspecified atom stereocenters. The molecular weight excluding hydrogens is 146 g/mol. The van der Waals surface area contributed by atoms with Gasteiger partial charge in [-0.2, -0.15) is 5.75 Å². The Balaban J connectivity index is -0.00000000667. The van der Waals surface area contributed by atoms with E-state index < -0.39 is 0 Å². The van der Waals surface area contributed by atoms with Gasteiger partial charge in [0, 0.05) is 0 Å². The van der Waals surface area contributed by atoms with Gasteiger partial charge in [-0.3, -0.25) is 0 Å². The molecular formula is C3H8K2S. The minimum atomic E-state index is 0. The van der Waals surface area contributed by atoms with Crippen LogP contribution in [0.25, 0.3) is 0 Å². The van der Waals surface area contributed by atoms with Crippen LogP contribution in [-0.2, 0) is 12.6 Å². The average Bonchev–Trinajstić information content (AvgIpc) is 0.918. The van der Waals surface area contributed by atoms with Crippen LogP contribution in [0.2, 0.25) is 0 Å². The zero-order chi connectivity index (χ0) is 2.71. The molecule has 0 fully saturated rings. The Morgan fingerprint density at radius 3 is 1.33 bits per heavy atom. The second kappa shape index (κ2) is 23.4. The number of hydrogen-bond acceptors (Lipinski definition) is 1. The van der Waals surface area contributed by atoms with Crippen LogP contribution in [0, 0.1) is 7.43 Å². The first-order valence-electron chi connectivity index (χ1n) is 0.996. The molecule has 0 N–H and O–H groups in total. The van der Waals surface area contributed by atoms with Gasteiger partial charge in [-0.1, -0.05) is 6.92 Å². The van der Waals surface area contributed by atoms with Crippen molar-refractivity contribution in [1.29, 1.82) is 0 Å². The summed E-state index contributed by atoms with van der Waals surface area (Å²) in [6, 6.07) is 0. The van der Waals surface area contributed by atoms with Gasteiger partial charge in [-0.05, 0) is 0 Å². The van der Waals surface area contributed by atoms with Crippen LogP contribution in [0.15, 0.2) is 0 Å². The van der Waals surface area contributed by atoms with Crippen molar-refractivity contribution < 1.29 is 103 Å². The molecule has 0 atom stereocenters. The SMILES string of the molecule is CC[S-].[CH3-].[K+].[K+]. The second-order valence-electron chi connectivity index (χ2n) is 0.289. The fraction of sp³-hybridized carbons (Fsp3) is 0.667. The third kappa shape index (κ3) is 25.5. The summed E-state index contributed by atoms with van der Waals surface area (Å²) in [5.74, 6) is 0.833. The van der Waals surface area contributed by atoms with Gasteiger partial charge in [0.05, 0.1) is 0 Å². The van der Waals surface area contributed by atoms with Gasteiger partial charge >= 0.3 is 103 Å². The Bertz CT molecular complexity index is 8.75. The fourth-order valence-corrected chi connectivity index (χ4v) is 0. The summed E-state index contributed by atoms with van der Waals surface area (Å²) >= 11 is 4.39. The van der Waals surface area contributed by atoms with E-state index in [1.54, 1.807) is 0 Å². The summed E-state index contributed by atoms with van der Waals surface area (Å²) in [7, 11) is 0. The Morgan fingerprint density at radius 2 is 1.33 bits per heavy atom. The summed E-state index contributed by atoms with van der Waals surface area (Å²) in [6.07, 6.45) is 0. The van der Waals surface area contributed by atoms with Gasteiger partial charge in [0.15, 0.2) is 0 Å². The summed E-state index contributed by atoms with van der Waals surface area (Å²) in [6.45, 7) is 1.94. The molecule has 0 aromatic carbocycles. The van der Waals surface area contributed by atoms with Gasteiger partial charge in [-0.15, -0.1) is 0 Å². The molecule has 0 aliphatic carbocycles. The molecule has 0 saturated carbocycles. The Kier molecular flexibility index (Phi) is 88.4. The maximum Gasteiger partial charge on any atom is 1.00 e.